The summed E-state index contributed by atoms with van der Waals surface area (Å²) in [6, 6.07) is 16.9. The zero-order chi connectivity index (χ0) is 24.8. The third-order valence-corrected chi connectivity index (χ3v) is 5.02. The van der Waals surface area contributed by atoms with Crippen molar-refractivity contribution in [1.29, 1.82) is 0 Å². The van der Waals surface area contributed by atoms with E-state index in [1.54, 1.807) is 24.7 Å². The monoisotopic (exact) mass is 460 g/mol. The van der Waals surface area contributed by atoms with E-state index in [4.69, 9.17) is 8.22 Å². The Morgan fingerprint density at radius 2 is 1.86 bits per heavy atom. The Balaban J connectivity index is 0.00000342. The molecule has 3 heteroatoms. The number of benzene rings is 2. The van der Waals surface area contributed by atoms with Crippen molar-refractivity contribution >= 4 is 11.3 Å². The van der Waals surface area contributed by atoms with Gasteiger partial charge in [0.2, 0.25) is 5.49 Å². The van der Waals surface area contributed by atoms with Crippen LogP contribution in [0.15, 0.2) is 66.4 Å². The van der Waals surface area contributed by atoms with Crippen molar-refractivity contribution in [2.24, 2.45) is 7.05 Å². The first kappa shape index (κ1) is 14.9. The largest absolute Gasteiger partial charge is 0.317 e. The second kappa shape index (κ2) is 8.77. The zero-order valence-corrected chi connectivity index (χ0v) is 19.6. The van der Waals surface area contributed by atoms with Gasteiger partial charge in [0, 0.05) is 52.7 Å². The van der Waals surface area contributed by atoms with Crippen molar-refractivity contribution < 1.29 is 40.9 Å². The SMILES string of the molecule is [2H]C([2H])([2H])C(=[C-]C)C1=[C-][N+](=c2cc(-c3ccccc3)c(C([2H])([2H])[2H])cn2C)c2c(C)cccc21.[Y]. The summed E-state index contributed by atoms with van der Waals surface area (Å²) in [6.07, 6.45) is 7.74. The van der Waals surface area contributed by atoms with Gasteiger partial charge in [-0.3, -0.25) is 10.1 Å². The van der Waals surface area contributed by atoms with Gasteiger partial charge in [0.15, 0.2) is 0 Å². The van der Waals surface area contributed by atoms with Crippen LogP contribution in [0.2, 0.25) is 0 Å². The number of hydrogen-bond acceptors (Lipinski definition) is 0. The van der Waals surface area contributed by atoms with E-state index in [1.165, 1.54) is 0 Å². The Labute approximate surface area is 207 Å². The Hall–Kier alpha value is -2.03. The molecule has 1 radical (unpaired) electrons. The molecule has 0 saturated heterocycles. The second-order valence-corrected chi connectivity index (χ2v) is 6.85. The number of rotatable bonds is 2. The average Bonchev–Trinajstić information content (AvgIpc) is 3.13. The fraction of sp³-hybridized carbons (Fsp3) is 0.192. The van der Waals surface area contributed by atoms with Crippen molar-refractivity contribution in [3.8, 4) is 11.1 Å². The molecule has 0 saturated carbocycles. The fourth-order valence-electron chi connectivity index (χ4n) is 3.59. The number of hydrogen-bond donors (Lipinski definition) is 0. The van der Waals surface area contributed by atoms with Crippen molar-refractivity contribution in [1.82, 2.24) is 9.14 Å². The molecule has 0 aliphatic carbocycles. The molecule has 4 rings (SSSR count). The molecule has 1 aliphatic heterocycles. The van der Waals surface area contributed by atoms with E-state index in [0.717, 1.165) is 22.4 Å². The molecule has 143 valence electrons. The first-order chi connectivity index (χ1) is 15.9. The molecule has 1 aliphatic rings. The molecule has 2 heterocycles. The van der Waals surface area contributed by atoms with Crippen LogP contribution in [0.4, 0.5) is 5.69 Å². The normalized spacial score (nSPS) is 18.9. The Morgan fingerprint density at radius 1 is 1.07 bits per heavy atom. The van der Waals surface area contributed by atoms with Crippen LogP contribution >= 0.6 is 0 Å². The van der Waals surface area contributed by atoms with E-state index in [-0.39, 0.29) is 43.8 Å². The smallest absolute Gasteiger partial charge is 0.221 e. The minimum Gasteiger partial charge on any atom is -0.317 e. The zero-order valence-electron chi connectivity index (χ0n) is 22.7. The predicted molar refractivity (Wildman–Crippen MR) is 116 cm³/mol. The van der Waals surface area contributed by atoms with E-state index in [9.17, 15) is 0 Å². The molecule has 0 unspecified atom stereocenters. The summed E-state index contributed by atoms with van der Waals surface area (Å²) in [5, 5.41) is 0. The van der Waals surface area contributed by atoms with Gasteiger partial charge in [-0.15, -0.1) is 25.4 Å². The minimum atomic E-state index is -2.35. The molecule has 0 amide bonds. The maximum atomic E-state index is 8.09. The third kappa shape index (κ3) is 3.89. The summed E-state index contributed by atoms with van der Waals surface area (Å²) in [4.78, 5) is 0. The van der Waals surface area contributed by atoms with E-state index in [2.05, 4.69) is 12.3 Å². The predicted octanol–water partition coefficient (Wildman–Crippen LogP) is 5.34. The molecule has 2 nitrogen and oxygen atoms in total. The molecule has 0 atom stereocenters. The van der Waals surface area contributed by atoms with Crippen LogP contribution in [0.1, 0.15) is 38.7 Å². The van der Waals surface area contributed by atoms with Gasteiger partial charge >= 0.3 is 0 Å². The number of aryl methyl sites for hydroxylation is 3. The van der Waals surface area contributed by atoms with Crippen molar-refractivity contribution in [3.05, 3.63) is 101 Å². The Morgan fingerprint density at radius 3 is 2.55 bits per heavy atom. The molecule has 0 spiro atoms. The maximum absolute atomic E-state index is 8.09. The van der Waals surface area contributed by atoms with E-state index < -0.39 is 13.7 Å². The van der Waals surface area contributed by atoms with Gasteiger partial charge < -0.3 is 10.7 Å². The molecular formula is C26H25N2Y-. The number of allylic oxidation sites excluding steroid dienone is 3. The quantitative estimate of drug-likeness (QED) is 0.361. The summed E-state index contributed by atoms with van der Waals surface area (Å²) in [5.74, 6) is 0. The molecule has 0 bridgehead atoms. The molecule has 3 aromatic rings. The molecular weight excluding hydrogens is 429 g/mol. The average molecular weight is 460 g/mol. The summed E-state index contributed by atoms with van der Waals surface area (Å²) in [6.45, 7) is -1.11. The van der Waals surface area contributed by atoms with Gasteiger partial charge in [-0.05, 0) is 42.2 Å². The van der Waals surface area contributed by atoms with Crippen LogP contribution in [0, 0.1) is 26.1 Å². The maximum Gasteiger partial charge on any atom is 0.221 e. The van der Waals surface area contributed by atoms with Crippen molar-refractivity contribution in [3.63, 3.8) is 0 Å². The van der Waals surface area contributed by atoms with E-state index in [0.29, 0.717) is 16.6 Å². The van der Waals surface area contributed by atoms with Crippen molar-refractivity contribution in [2.75, 3.05) is 0 Å². The van der Waals surface area contributed by atoms with Crippen LogP contribution in [0.25, 0.3) is 16.7 Å². The number of nitrogens with zero attached hydrogens (tertiary/aromatic N) is 2. The summed E-state index contributed by atoms with van der Waals surface area (Å²) in [5.41, 5.74) is 5.35. The van der Waals surface area contributed by atoms with E-state index in [1.807, 2.05) is 66.1 Å². The first-order valence-electron chi connectivity index (χ1n) is 12.1. The standard InChI is InChI=1S/C26H25N2.Y/c1-6-18(2)24-17-28(26-19(3)11-10-14-22(24)26)25-15-23(20(4)16-27(25)5)21-12-8-7-9-13-21;/h7-16H,1-5H3;/q-1;/i2D3,4D3;. The Kier molecular flexibility index (Phi) is 4.50. The number of fused-ring (bicyclic) bond motifs is 1. The summed E-state index contributed by atoms with van der Waals surface area (Å²) < 4.78 is 51.8. The van der Waals surface area contributed by atoms with Gasteiger partial charge in [-0.2, -0.15) is 0 Å². The molecule has 0 fully saturated rings. The van der Waals surface area contributed by atoms with Gasteiger partial charge in [0.25, 0.3) is 0 Å². The second-order valence-electron chi connectivity index (χ2n) is 6.85. The van der Waals surface area contributed by atoms with Gasteiger partial charge in [-0.25, -0.2) is 5.57 Å². The molecule has 2 aromatic carbocycles. The van der Waals surface area contributed by atoms with Crippen LogP contribution < -0.4 is 10.1 Å². The van der Waals surface area contributed by atoms with Gasteiger partial charge in [0.05, 0.1) is 13.2 Å². The van der Waals surface area contributed by atoms with Crippen LogP contribution in [0.5, 0.6) is 0 Å². The number of para-hydroxylation sites is 1. The van der Waals surface area contributed by atoms with Gasteiger partial charge in [0.1, 0.15) is 0 Å². The topological polar surface area (TPSA) is 7.94 Å². The molecule has 29 heavy (non-hydrogen) atoms. The summed E-state index contributed by atoms with van der Waals surface area (Å²) in [7, 11) is 1.78. The molecule has 0 N–H and O–H groups in total. The Bertz CT molecular complexity index is 1390. The van der Waals surface area contributed by atoms with Crippen molar-refractivity contribution in [2.45, 2.75) is 27.6 Å². The van der Waals surface area contributed by atoms with Crippen LogP contribution in [-0.2, 0) is 39.8 Å². The first-order valence-corrected chi connectivity index (χ1v) is 9.12. The summed E-state index contributed by atoms with van der Waals surface area (Å²) >= 11 is 0. The molecule has 1 aromatic heterocycles. The van der Waals surface area contributed by atoms with Crippen LogP contribution in [0.3, 0.4) is 0 Å². The van der Waals surface area contributed by atoms with Gasteiger partial charge in [-0.1, -0.05) is 42.5 Å². The van der Waals surface area contributed by atoms with Crippen LogP contribution in [-0.4, -0.2) is 4.57 Å². The van der Waals surface area contributed by atoms with E-state index >= 15 is 0 Å². The number of aromatic nitrogens is 1. The number of pyridine rings is 1. The third-order valence-electron chi connectivity index (χ3n) is 5.02. The minimum absolute atomic E-state index is 0. The fourth-order valence-corrected chi connectivity index (χ4v) is 3.59.